The standard InChI is InChI=1S/C25H28N4O/c1-3-19-7-9-22(10-8-19)28-25(30)20-11-13-29(14-12-20)24-16-23(26-17-27-24)21-6-4-5-18(2)15-21/h4-10,15-17,20H,3,11-14H2,1-2H3,(H,28,30). The largest absolute Gasteiger partial charge is 0.356 e. The van der Waals surface area contributed by atoms with Gasteiger partial charge >= 0.3 is 0 Å². The molecule has 1 aromatic heterocycles. The van der Waals surface area contributed by atoms with Gasteiger partial charge in [-0.15, -0.1) is 0 Å². The third-order valence-corrected chi connectivity index (χ3v) is 5.79. The lowest BCUT2D eigenvalue weighted by atomic mass is 9.95. The molecule has 5 nitrogen and oxygen atoms in total. The Kier molecular flexibility index (Phi) is 6.07. The van der Waals surface area contributed by atoms with Crippen LogP contribution in [0.3, 0.4) is 0 Å². The Morgan fingerprint density at radius 3 is 2.53 bits per heavy atom. The van der Waals surface area contributed by atoms with Crippen LogP contribution in [0.2, 0.25) is 0 Å². The molecule has 3 aromatic rings. The van der Waals surface area contributed by atoms with Gasteiger partial charge in [-0.25, -0.2) is 9.97 Å². The van der Waals surface area contributed by atoms with Gasteiger partial charge in [0.25, 0.3) is 0 Å². The van der Waals surface area contributed by atoms with Crippen LogP contribution in [-0.4, -0.2) is 29.0 Å². The van der Waals surface area contributed by atoms with Crippen molar-refractivity contribution in [2.45, 2.75) is 33.1 Å². The normalized spacial score (nSPS) is 14.5. The quantitative estimate of drug-likeness (QED) is 0.664. The average Bonchev–Trinajstić information content (AvgIpc) is 2.80. The van der Waals surface area contributed by atoms with Gasteiger partial charge in [0, 0.05) is 36.3 Å². The molecule has 0 unspecified atom stereocenters. The highest BCUT2D eigenvalue weighted by Crippen LogP contribution is 2.26. The lowest BCUT2D eigenvalue weighted by molar-refractivity contribution is -0.120. The van der Waals surface area contributed by atoms with Gasteiger partial charge in [0.15, 0.2) is 0 Å². The number of carbonyl (C=O) groups is 1. The maximum Gasteiger partial charge on any atom is 0.227 e. The summed E-state index contributed by atoms with van der Waals surface area (Å²) in [5, 5.41) is 3.07. The maximum absolute atomic E-state index is 12.7. The number of nitrogens with one attached hydrogen (secondary N) is 1. The molecule has 0 radical (unpaired) electrons. The summed E-state index contributed by atoms with van der Waals surface area (Å²) in [4.78, 5) is 23.9. The van der Waals surface area contributed by atoms with Gasteiger partial charge in [-0.3, -0.25) is 4.79 Å². The molecule has 154 valence electrons. The molecule has 0 aliphatic carbocycles. The first-order valence-electron chi connectivity index (χ1n) is 10.7. The first kappa shape index (κ1) is 20.1. The molecule has 1 aliphatic heterocycles. The fourth-order valence-electron chi connectivity index (χ4n) is 3.92. The maximum atomic E-state index is 12.7. The van der Waals surface area contributed by atoms with E-state index in [4.69, 9.17) is 0 Å². The Hall–Kier alpha value is -3.21. The minimum atomic E-state index is 0.0326. The van der Waals surface area contributed by atoms with Gasteiger partial charge in [0.05, 0.1) is 5.69 Å². The van der Waals surface area contributed by atoms with Gasteiger partial charge in [0.2, 0.25) is 5.91 Å². The topological polar surface area (TPSA) is 58.1 Å². The highest BCUT2D eigenvalue weighted by atomic mass is 16.1. The van der Waals surface area contributed by atoms with Crippen molar-refractivity contribution < 1.29 is 4.79 Å². The number of piperidine rings is 1. The Morgan fingerprint density at radius 1 is 1.07 bits per heavy atom. The Labute approximate surface area is 178 Å². The summed E-state index contributed by atoms with van der Waals surface area (Å²) in [5.41, 5.74) is 5.39. The van der Waals surface area contributed by atoms with Gasteiger partial charge in [0.1, 0.15) is 12.1 Å². The minimum absolute atomic E-state index is 0.0326. The van der Waals surface area contributed by atoms with Crippen LogP contribution in [0.1, 0.15) is 30.9 Å². The van der Waals surface area contributed by atoms with E-state index in [9.17, 15) is 4.79 Å². The third kappa shape index (κ3) is 4.67. The summed E-state index contributed by atoms with van der Waals surface area (Å²) in [5.74, 6) is 1.07. The van der Waals surface area contributed by atoms with Crippen molar-refractivity contribution in [3.05, 3.63) is 72.1 Å². The molecule has 1 fully saturated rings. The molecule has 4 rings (SSSR count). The van der Waals surface area contributed by atoms with Gasteiger partial charge in [-0.05, 0) is 49.9 Å². The van der Waals surface area contributed by atoms with Crippen molar-refractivity contribution in [2.24, 2.45) is 5.92 Å². The number of anilines is 2. The van der Waals surface area contributed by atoms with Crippen molar-refractivity contribution in [2.75, 3.05) is 23.3 Å². The first-order chi connectivity index (χ1) is 14.6. The Bertz CT molecular complexity index is 1010. The zero-order chi connectivity index (χ0) is 20.9. The number of carbonyl (C=O) groups excluding carboxylic acids is 1. The molecule has 1 aliphatic rings. The van der Waals surface area contributed by atoms with Crippen LogP contribution in [0.25, 0.3) is 11.3 Å². The second kappa shape index (κ2) is 9.08. The van der Waals surface area contributed by atoms with Crippen LogP contribution in [-0.2, 0) is 11.2 Å². The fraction of sp³-hybridized carbons (Fsp3) is 0.320. The number of hydrogen-bond acceptors (Lipinski definition) is 4. The van der Waals surface area contributed by atoms with Crippen molar-refractivity contribution >= 4 is 17.4 Å². The van der Waals surface area contributed by atoms with E-state index < -0.39 is 0 Å². The molecular weight excluding hydrogens is 372 g/mol. The van der Waals surface area contributed by atoms with Crippen molar-refractivity contribution in [1.29, 1.82) is 0 Å². The van der Waals surface area contributed by atoms with E-state index in [1.54, 1.807) is 6.33 Å². The second-order valence-corrected chi connectivity index (χ2v) is 7.93. The summed E-state index contributed by atoms with van der Waals surface area (Å²) >= 11 is 0. The molecule has 1 N–H and O–H groups in total. The van der Waals surface area contributed by atoms with E-state index in [1.807, 2.05) is 24.3 Å². The number of aromatic nitrogens is 2. The first-order valence-corrected chi connectivity index (χ1v) is 10.7. The van der Waals surface area contributed by atoms with E-state index in [2.05, 4.69) is 64.4 Å². The predicted molar refractivity (Wildman–Crippen MR) is 122 cm³/mol. The lowest BCUT2D eigenvalue weighted by Crippen LogP contribution is -2.38. The molecular formula is C25H28N4O. The van der Waals surface area contributed by atoms with E-state index >= 15 is 0 Å². The molecule has 5 heteroatoms. The second-order valence-electron chi connectivity index (χ2n) is 7.93. The SMILES string of the molecule is CCc1ccc(NC(=O)C2CCN(c3cc(-c4cccc(C)c4)ncn3)CC2)cc1. The minimum Gasteiger partial charge on any atom is -0.356 e. The molecule has 1 saturated heterocycles. The number of rotatable bonds is 5. The van der Waals surface area contributed by atoms with Crippen LogP contribution in [0.4, 0.5) is 11.5 Å². The predicted octanol–water partition coefficient (Wildman–Crippen LogP) is 4.87. The molecule has 2 heterocycles. The summed E-state index contributed by atoms with van der Waals surface area (Å²) in [6.45, 7) is 5.84. The number of benzene rings is 2. The van der Waals surface area contributed by atoms with Crippen molar-refractivity contribution in [3.8, 4) is 11.3 Å². The van der Waals surface area contributed by atoms with Crippen LogP contribution in [0.5, 0.6) is 0 Å². The number of nitrogens with zero attached hydrogens (tertiary/aromatic N) is 3. The van der Waals surface area contributed by atoms with E-state index in [-0.39, 0.29) is 11.8 Å². The van der Waals surface area contributed by atoms with Crippen LogP contribution < -0.4 is 10.2 Å². The molecule has 0 saturated carbocycles. The molecule has 0 bridgehead atoms. The number of aryl methyl sites for hydroxylation is 2. The van der Waals surface area contributed by atoms with E-state index in [0.29, 0.717) is 0 Å². The van der Waals surface area contributed by atoms with Crippen molar-refractivity contribution in [1.82, 2.24) is 9.97 Å². The smallest absolute Gasteiger partial charge is 0.227 e. The number of hydrogen-bond donors (Lipinski definition) is 1. The summed E-state index contributed by atoms with van der Waals surface area (Å²) in [7, 11) is 0. The van der Waals surface area contributed by atoms with E-state index in [0.717, 1.165) is 55.1 Å². The van der Waals surface area contributed by atoms with Crippen molar-refractivity contribution in [3.63, 3.8) is 0 Å². The molecule has 1 amide bonds. The summed E-state index contributed by atoms with van der Waals surface area (Å²) < 4.78 is 0. The van der Waals surface area contributed by atoms with Gasteiger partial charge in [-0.2, -0.15) is 0 Å². The summed E-state index contributed by atoms with van der Waals surface area (Å²) in [6.07, 6.45) is 4.28. The van der Waals surface area contributed by atoms with Gasteiger partial charge in [-0.1, -0.05) is 42.8 Å². The molecule has 2 aromatic carbocycles. The third-order valence-electron chi connectivity index (χ3n) is 5.79. The Morgan fingerprint density at radius 2 is 1.83 bits per heavy atom. The van der Waals surface area contributed by atoms with Crippen LogP contribution in [0, 0.1) is 12.8 Å². The highest BCUT2D eigenvalue weighted by Gasteiger charge is 2.26. The molecule has 0 spiro atoms. The zero-order valence-corrected chi connectivity index (χ0v) is 17.6. The van der Waals surface area contributed by atoms with Gasteiger partial charge < -0.3 is 10.2 Å². The molecule has 30 heavy (non-hydrogen) atoms. The highest BCUT2D eigenvalue weighted by molar-refractivity contribution is 5.92. The van der Waals surface area contributed by atoms with Crippen LogP contribution in [0.15, 0.2) is 60.9 Å². The number of amides is 1. The monoisotopic (exact) mass is 400 g/mol. The fourth-order valence-corrected chi connectivity index (χ4v) is 3.92. The summed E-state index contributed by atoms with van der Waals surface area (Å²) in [6, 6.07) is 18.5. The van der Waals surface area contributed by atoms with E-state index in [1.165, 1.54) is 11.1 Å². The Balaban J connectivity index is 1.37. The molecule has 0 atom stereocenters. The lowest BCUT2D eigenvalue weighted by Gasteiger charge is -2.32. The van der Waals surface area contributed by atoms with Crippen LogP contribution >= 0.6 is 0 Å². The average molecular weight is 401 g/mol. The zero-order valence-electron chi connectivity index (χ0n) is 17.6.